The molecule has 9 heteroatoms. The number of esters is 2. The molecule has 2 aliphatic heterocycles. The lowest BCUT2D eigenvalue weighted by Crippen LogP contribution is -2.45. The molecule has 1 amide bonds. The summed E-state index contributed by atoms with van der Waals surface area (Å²) in [6.45, 7) is 6.66. The smallest absolute Gasteiger partial charge is 0.303 e. The maximum Gasteiger partial charge on any atom is 0.303 e. The van der Waals surface area contributed by atoms with Gasteiger partial charge in [-0.3, -0.25) is 19.3 Å². The predicted molar refractivity (Wildman–Crippen MR) is 105 cm³/mol. The van der Waals surface area contributed by atoms with Crippen LogP contribution in [0.4, 0.5) is 0 Å². The fourth-order valence-electron chi connectivity index (χ4n) is 2.95. The van der Waals surface area contributed by atoms with Crippen LogP contribution in [0.2, 0.25) is 0 Å². The maximum absolute atomic E-state index is 12.8. The average molecular weight is 416 g/mol. The molecule has 1 fully saturated rings. The minimum absolute atomic E-state index is 0.0606. The Morgan fingerprint density at radius 1 is 1.30 bits per heavy atom. The predicted octanol–water partition coefficient (Wildman–Crippen LogP) is 2.08. The molecule has 0 aromatic carbocycles. The second kappa shape index (κ2) is 9.66. The number of hydrogen-bond acceptors (Lipinski definition) is 8. The number of nitrogens with zero attached hydrogens (tertiary/aromatic N) is 1. The van der Waals surface area contributed by atoms with E-state index in [2.05, 4.69) is 13.8 Å². The highest BCUT2D eigenvalue weighted by atomic mass is 32.2. The van der Waals surface area contributed by atoms with Gasteiger partial charge in [0, 0.05) is 25.6 Å². The van der Waals surface area contributed by atoms with E-state index in [1.165, 1.54) is 25.6 Å². The van der Waals surface area contributed by atoms with Gasteiger partial charge in [-0.05, 0) is 12.0 Å². The number of thiocarbonyl (C=S) groups is 1. The fraction of sp³-hybridized carbons (Fsp3) is 0.667. The van der Waals surface area contributed by atoms with Crippen molar-refractivity contribution in [3.8, 4) is 0 Å². The van der Waals surface area contributed by atoms with E-state index >= 15 is 0 Å². The number of carbonyl (C=O) groups is 3. The van der Waals surface area contributed by atoms with Gasteiger partial charge in [0.2, 0.25) is 5.91 Å². The number of ether oxygens (including phenoxy) is 3. The first-order chi connectivity index (χ1) is 12.7. The van der Waals surface area contributed by atoms with Crippen molar-refractivity contribution in [1.82, 2.24) is 4.90 Å². The molecule has 0 spiro atoms. The zero-order valence-corrected chi connectivity index (χ0v) is 17.5. The molecule has 2 aliphatic rings. The first-order valence-corrected chi connectivity index (χ1v) is 10.2. The van der Waals surface area contributed by atoms with E-state index in [4.69, 9.17) is 26.4 Å². The second-order valence-corrected chi connectivity index (χ2v) is 8.48. The number of amides is 1. The summed E-state index contributed by atoms with van der Waals surface area (Å²) in [6.07, 6.45) is 1.65. The van der Waals surface area contributed by atoms with Crippen LogP contribution in [0.5, 0.6) is 0 Å². The van der Waals surface area contributed by atoms with Crippen molar-refractivity contribution in [3.63, 3.8) is 0 Å². The highest BCUT2D eigenvalue weighted by Gasteiger charge is 2.38. The van der Waals surface area contributed by atoms with Crippen LogP contribution in [0.25, 0.3) is 0 Å². The molecule has 0 aromatic rings. The Labute approximate surface area is 168 Å². The highest BCUT2D eigenvalue weighted by Crippen LogP contribution is 2.30. The molecule has 2 rings (SSSR count). The van der Waals surface area contributed by atoms with Crippen LogP contribution in [-0.2, 0) is 28.6 Å². The van der Waals surface area contributed by atoms with Gasteiger partial charge in [0.15, 0.2) is 0 Å². The lowest BCUT2D eigenvalue weighted by molar-refractivity contribution is -0.165. The lowest BCUT2D eigenvalue weighted by atomic mass is 10.0. The van der Waals surface area contributed by atoms with Crippen LogP contribution in [-0.4, -0.2) is 63.8 Å². The van der Waals surface area contributed by atoms with Crippen molar-refractivity contribution in [2.45, 2.75) is 58.5 Å². The molecule has 4 atom stereocenters. The summed E-state index contributed by atoms with van der Waals surface area (Å²) in [5.41, 5.74) is 0. The SMILES string of the molecule is CC(=O)OC[C@H]1O[C@@H](CC(=O)N2C(=S)SC[C@H]2C(C)C)C=C[C@@H]1OC(C)=O. The monoisotopic (exact) mass is 415 g/mol. The van der Waals surface area contributed by atoms with Gasteiger partial charge in [0.25, 0.3) is 0 Å². The van der Waals surface area contributed by atoms with E-state index in [0.717, 1.165) is 5.75 Å². The molecule has 0 bridgehead atoms. The van der Waals surface area contributed by atoms with Crippen LogP contribution < -0.4 is 0 Å². The molecule has 0 radical (unpaired) electrons. The van der Waals surface area contributed by atoms with Crippen LogP contribution in [0, 0.1) is 5.92 Å². The van der Waals surface area contributed by atoms with E-state index < -0.39 is 30.3 Å². The molecule has 1 saturated heterocycles. The van der Waals surface area contributed by atoms with Gasteiger partial charge in [0.05, 0.1) is 12.5 Å². The van der Waals surface area contributed by atoms with Crippen molar-refractivity contribution in [3.05, 3.63) is 12.2 Å². The van der Waals surface area contributed by atoms with Crippen molar-refractivity contribution < 1.29 is 28.6 Å². The summed E-state index contributed by atoms with van der Waals surface area (Å²) in [5.74, 6) is 0.0782. The first-order valence-electron chi connectivity index (χ1n) is 8.82. The molecular weight excluding hydrogens is 390 g/mol. The largest absolute Gasteiger partial charge is 0.463 e. The number of rotatable bonds is 6. The van der Waals surface area contributed by atoms with E-state index in [1.807, 2.05) is 0 Å². The lowest BCUT2D eigenvalue weighted by Gasteiger charge is -2.33. The number of carbonyl (C=O) groups excluding carboxylic acids is 3. The normalized spacial score (nSPS) is 27.7. The third-order valence-corrected chi connectivity index (χ3v) is 5.81. The van der Waals surface area contributed by atoms with Gasteiger partial charge in [-0.15, -0.1) is 0 Å². The summed E-state index contributed by atoms with van der Waals surface area (Å²) < 4.78 is 16.7. The van der Waals surface area contributed by atoms with Gasteiger partial charge in [0.1, 0.15) is 23.1 Å². The molecule has 0 unspecified atom stereocenters. The van der Waals surface area contributed by atoms with E-state index in [0.29, 0.717) is 10.2 Å². The van der Waals surface area contributed by atoms with Crippen LogP contribution in [0.3, 0.4) is 0 Å². The van der Waals surface area contributed by atoms with E-state index in [1.54, 1.807) is 17.1 Å². The first kappa shape index (κ1) is 21.8. The zero-order chi connectivity index (χ0) is 20.1. The van der Waals surface area contributed by atoms with Gasteiger partial charge < -0.3 is 14.2 Å². The minimum atomic E-state index is -0.667. The maximum atomic E-state index is 12.8. The highest BCUT2D eigenvalue weighted by molar-refractivity contribution is 8.23. The summed E-state index contributed by atoms with van der Waals surface area (Å²) in [4.78, 5) is 36.9. The Balaban J connectivity index is 2.05. The fourth-order valence-corrected chi connectivity index (χ4v) is 4.61. The third kappa shape index (κ3) is 6.02. The number of hydrogen-bond donors (Lipinski definition) is 0. The molecule has 150 valence electrons. The Bertz CT molecular complexity index is 635. The van der Waals surface area contributed by atoms with Crippen LogP contribution >= 0.6 is 24.0 Å². The molecule has 0 N–H and O–H groups in total. The molecule has 0 aromatic heterocycles. The molecule has 0 saturated carbocycles. The Hall–Kier alpha value is -1.45. The summed E-state index contributed by atoms with van der Waals surface area (Å²) in [5, 5.41) is 0. The second-order valence-electron chi connectivity index (χ2n) is 6.83. The Kier molecular flexibility index (Phi) is 7.81. The van der Waals surface area contributed by atoms with Crippen molar-refractivity contribution in [1.29, 1.82) is 0 Å². The average Bonchev–Trinajstić information content (AvgIpc) is 2.96. The van der Waals surface area contributed by atoms with Crippen LogP contribution in [0.1, 0.15) is 34.1 Å². The Morgan fingerprint density at radius 3 is 2.59 bits per heavy atom. The summed E-state index contributed by atoms with van der Waals surface area (Å²) >= 11 is 6.85. The molecule has 2 heterocycles. The van der Waals surface area contributed by atoms with Crippen molar-refractivity contribution >= 4 is 46.1 Å². The molecule has 7 nitrogen and oxygen atoms in total. The van der Waals surface area contributed by atoms with Gasteiger partial charge >= 0.3 is 11.9 Å². The molecular formula is C18H25NO6S2. The summed E-state index contributed by atoms with van der Waals surface area (Å²) in [7, 11) is 0. The van der Waals surface area contributed by atoms with Gasteiger partial charge in [-0.2, -0.15) is 0 Å². The van der Waals surface area contributed by atoms with Crippen molar-refractivity contribution in [2.24, 2.45) is 5.92 Å². The molecule has 27 heavy (non-hydrogen) atoms. The summed E-state index contributed by atoms with van der Waals surface area (Å²) in [6, 6.07) is 0.0770. The molecule has 0 aliphatic carbocycles. The van der Waals surface area contributed by atoms with Gasteiger partial charge in [-0.25, -0.2) is 0 Å². The Morgan fingerprint density at radius 2 is 2.00 bits per heavy atom. The number of thioether (sulfide) groups is 1. The quantitative estimate of drug-likeness (QED) is 0.371. The van der Waals surface area contributed by atoms with Crippen LogP contribution in [0.15, 0.2) is 12.2 Å². The van der Waals surface area contributed by atoms with Gasteiger partial charge in [-0.1, -0.05) is 43.9 Å². The topological polar surface area (TPSA) is 82.1 Å². The third-order valence-electron chi connectivity index (χ3n) is 4.30. The van der Waals surface area contributed by atoms with E-state index in [-0.39, 0.29) is 25.0 Å². The van der Waals surface area contributed by atoms with Crippen molar-refractivity contribution in [2.75, 3.05) is 12.4 Å². The van der Waals surface area contributed by atoms with E-state index in [9.17, 15) is 14.4 Å². The minimum Gasteiger partial charge on any atom is -0.463 e. The zero-order valence-electron chi connectivity index (χ0n) is 15.9. The standard InChI is InChI=1S/C18H25NO6S2/c1-10(2)14-9-27-18(26)19(14)17(22)7-13-5-6-15(24-12(4)21)16(25-13)8-23-11(3)20/h5-6,10,13-16H,7-9H2,1-4H3/t13-,14+,15+,16-/m1/s1.